The summed E-state index contributed by atoms with van der Waals surface area (Å²) < 4.78 is 21.0. The summed E-state index contributed by atoms with van der Waals surface area (Å²) >= 11 is 0. The first kappa shape index (κ1) is 8.26. The Kier molecular flexibility index (Phi) is 2.28. The van der Waals surface area contributed by atoms with E-state index in [2.05, 4.69) is 5.16 Å². The average Bonchev–Trinajstić information content (AvgIpc) is 2.32. The second-order valence-corrected chi connectivity index (χ2v) is 3.58. The van der Waals surface area contributed by atoms with Crippen molar-refractivity contribution in [2.24, 2.45) is 11.1 Å². The van der Waals surface area contributed by atoms with Gasteiger partial charge in [0.1, 0.15) is 4.86 Å². The second kappa shape index (κ2) is 3.04. The maximum absolute atomic E-state index is 10.5. The molecule has 0 saturated heterocycles. The molecule has 0 saturated carbocycles. The topological polar surface area (TPSA) is 55.7 Å². The molecule has 0 amide bonds. The predicted molar refractivity (Wildman–Crippen MR) is 42.1 cm³/mol. The van der Waals surface area contributed by atoms with Gasteiger partial charge in [0, 0.05) is 0 Å². The fourth-order valence-electron chi connectivity index (χ4n) is 0.861. The molecular formula is C6H9NO3S. The smallest absolute Gasteiger partial charge is 0.222 e. The summed E-state index contributed by atoms with van der Waals surface area (Å²) in [4.78, 5) is 5.06. The highest BCUT2D eigenvalue weighted by molar-refractivity contribution is 7.74. The van der Waals surface area contributed by atoms with Gasteiger partial charge in [-0.1, -0.05) is 19.0 Å². The Balaban J connectivity index is 2.99. The molecule has 0 fully saturated rings. The monoisotopic (exact) mass is 175 g/mol. The summed E-state index contributed by atoms with van der Waals surface area (Å²) in [6.07, 6.45) is 0.849. The van der Waals surface area contributed by atoms with Crippen LogP contribution in [0.2, 0.25) is 0 Å². The van der Waals surface area contributed by atoms with E-state index in [0.29, 0.717) is 0 Å². The molecule has 0 spiro atoms. The molecule has 62 valence electrons. The molecule has 0 aromatic carbocycles. The van der Waals surface area contributed by atoms with Crippen molar-refractivity contribution in [3.8, 4) is 0 Å². The molecule has 1 aliphatic rings. The minimum atomic E-state index is -2.20. The molecule has 4 nitrogen and oxygen atoms in total. The van der Waals surface area contributed by atoms with Gasteiger partial charge in [-0.3, -0.25) is 0 Å². The van der Waals surface area contributed by atoms with Gasteiger partial charge in [-0.15, -0.1) is 0 Å². The molecule has 0 aliphatic carbocycles. The van der Waals surface area contributed by atoms with Gasteiger partial charge in [-0.05, 0) is 5.92 Å². The summed E-state index contributed by atoms with van der Waals surface area (Å²) in [6.45, 7) is 3.76. The van der Waals surface area contributed by atoms with Crippen LogP contribution in [0.3, 0.4) is 0 Å². The zero-order chi connectivity index (χ0) is 8.43. The van der Waals surface area contributed by atoms with Crippen LogP contribution in [-0.2, 0) is 15.1 Å². The number of rotatable bonds is 1. The largest absolute Gasteiger partial charge is 0.386 e. The Hall–Kier alpha value is -0.840. The van der Waals surface area contributed by atoms with E-state index in [4.69, 9.17) is 4.84 Å². The standard InChI is InChI=1S/C6H9NO3S/c1-4(2)6-5(11(8)9)3-7-10-6/h3-4,6H,1-2H3. The quantitative estimate of drug-likeness (QED) is 0.530. The Bertz CT molecular complexity index is 294. The number of oxime groups is 1. The summed E-state index contributed by atoms with van der Waals surface area (Å²) in [5.41, 5.74) is 0. The van der Waals surface area contributed by atoms with Gasteiger partial charge < -0.3 is 4.84 Å². The Morgan fingerprint density at radius 2 is 2.27 bits per heavy atom. The highest BCUT2D eigenvalue weighted by Crippen LogP contribution is 2.11. The Morgan fingerprint density at radius 3 is 2.64 bits per heavy atom. The second-order valence-electron chi connectivity index (χ2n) is 2.64. The first-order chi connectivity index (χ1) is 5.13. The summed E-state index contributed by atoms with van der Waals surface area (Å²) in [7, 11) is -2.20. The molecular weight excluding hydrogens is 166 g/mol. The van der Waals surface area contributed by atoms with Crippen molar-refractivity contribution < 1.29 is 13.3 Å². The summed E-state index contributed by atoms with van der Waals surface area (Å²) in [6, 6.07) is 0. The summed E-state index contributed by atoms with van der Waals surface area (Å²) in [5.74, 6) is 0.130. The molecule has 0 bridgehead atoms. The SMILES string of the molecule is CC(C)C1ON=CC1=S(=O)=O. The van der Waals surface area contributed by atoms with Gasteiger partial charge in [0.05, 0.1) is 6.21 Å². The van der Waals surface area contributed by atoms with Crippen LogP contribution in [0, 0.1) is 5.92 Å². The van der Waals surface area contributed by atoms with Crippen LogP contribution < -0.4 is 0 Å². The van der Waals surface area contributed by atoms with Crippen molar-refractivity contribution in [1.29, 1.82) is 0 Å². The van der Waals surface area contributed by atoms with E-state index in [-0.39, 0.29) is 10.8 Å². The van der Waals surface area contributed by atoms with Gasteiger partial charge in [0.15, 0.2) is 6.10 Å². The van der Waals surface area contributed by atoms with Crippen LogP contribution in [-0.4, -0.2) is 25.6 Å². The maximum Gasteiger partial charge on any atom is 0.222 e. The van der Waals surface area contributed by atoms with Crippen LogP contribution >= 0.6 is 0 Å². The van der Waals surface area contributed by atoms with Crippen molar-refractivity contribution >= 4 is 21.4 Å². The van der Waals surface area contributed by atoms with E-state index in [0.717, 1.165) is 0 Å². The van der Waals surface area contributed by atoms with Gasteiger partial charge in [0.25, 0.3) is 0 Å². The summed E-state index contributed by atoms with van der Waals surface area (Å²) in [5, 5.41) is 3.43. The van der Waals surface area contributed by atoms with Crippen molar-refractivity contribution in [2.45, 2.75) is 20.0 Å². The minimum absolute atomic E-state index is 0.130. The van der Waals surface area contributed by atoms with E-state index in [1.165, 1.54) is 6.21 Å². The van der Waals surface area contributed by atoms with Gasteiger partial charge >= 0.3 is 0 Å². The third-order valence-corrected chi connectivity index (χ3v) is 2.16. The maximum atomic E-state index is 10.5. The van der Waals surface area contributed by atoms with Crippen LogP contribution in [0.15, 0.2) is 5.16 Å². The Morgan fingerprint density at radius 1 is 1.64 bits per heavy atom. The molecule has 1 aliphatic heterocycles. The van der Waals surface area contributed by atoms with Crippen molar-refractivity contribution in [3.63, 3.8) is 0 Å². The molecule has 11 heavy (non-hydrogen) atoms. The lowest BCUT2D eigenvalue weighted by Gasteiger charge is -2.10. The number of hydrogen-bond acceptors (Lipinski definition) is 4. The van der Waals surface area contributed by atoms with E-state index >= 15 is 0 Å². The highest BCUT2D eigenvalue weighted by atomic mass is 32.2. The predicted octanol–water partition coefficient (Wildman–Crippen LogP) is 0.0785. The van der Waals surface area contributed by atoms with Crippen molar-refractivity contribution in [1.82, 2.24) is 0 Å². The fraction of sp³-hybridized carbons (Fsp3) is 0.667. The third kappa shape index (κ3) is 1.59. The molecule has 1 heterocycles. The van der Waals surface area contributed by atoms with Crippen molar-refractivity contribution in [3.05, 3.63) is 0 Å². The fourth-order valence-corrected chi connectivity index (χ4v) is 1.50. The lowest BCUT2D eigenvalue weighted by molar-refractivity contribution is 0.0882. The van der Waals surface area contributed by atoms with Gasteiger partial charge in [-0.2, -0.15) is 8.42 Å². The van der Waals surface area contributed by atoms with Crippen LogP contribution in [0.4, 0.5) is 0 Å². The zero-order valence-corrected chi connectivity index (χ0v) is 7.13. The molecule has 1 atom stereocenters. The van der Waals surface area contributed by atoms with E-state index < -0.39 is 16.4 Å². The molecule has 1 unspecified atom stereocenters. The first-order valence-electron chi connectivity index (χ1n) is 3.28. The van der Waals surface area contributed by atoms with Crippen molar-refractivity contribution in [2.75, 3.05) is 0 Å². The van der Waals surface area contributed by atoms with Crippen LogP contribution in [0.5, 0.6) is 0 Å². The molecule has 5 heteroatoms. The van der Waals surface area contributed by atoms with Gasteiger partial charge in [0.2, 0.25) is 10.3 Å². The minimum Gasteiger partial charge on any atom is -0.386 e. The molecule has 0 N–H and O–H groups in total. The molecule has 0 aromatic heterocycles. The third-order valence-electron chi connectivity index (χ3n) is 1.43. The molecule has 1 rings (SSSR count). The van der Waals surface area contributed by atoms with Crippen LogP contribution in [0.1, 0.15) is 13.8 Å². The molecule has 0 radical (unpaired) electrons. The van der Waals surface area contributed by atoms with E-state index in [1.807, 2.05) is 13.8 Å². The lowest BCUT2D eigenvalue weighted by atomic mass is 10.1. The van der Waals surface area contributed by atoms with Crippen LogP contribution in [0.25, 0.3) is 0 Å². The van der Waals surface area contributed by atoms with E-state index in [1.54, 1.807) is 0 Å². The average molecular weight is 175 g/mol. The lowest BCUT2D eigenvalue weighted by Crippen LogP contribution is -2.24. The highest BCUT2D eigenvalue weighted by Gasteiger charge is 2.26. The van der Waals surface area contributed by atoms with E-state index in [9.17, 15) is 8.42 Å². The zero-order valence-electron chi connectivity index (χ0n) is 6.31. The first-order valence-corrected chi connectivity index (χ1v) is 4.35. The Labute approximate surface area is 66.4 Å². The number of hydrogen-bond donors (Lipinski definition) is 0. The number of nitrogens with zero attached hydrogens (tertiary/aromatic N) is 1. The molecule has 0 aromatic rings. The normalized spacial score (nSPS) is 22.5. The van der Waals surface area contributed by atoms with Gasteiger partial charge in [-0.25, -0.2) is 0 Å².